The minimum Gasteiger partial charge on any atom is -0.569 e. The highest BCUT2D eigenvalue weighted by Gasteiger charge is 2.27. The average molecular weight is 289 g/mol. The first-order valence-corrected chi connectivity index (χ1v) is 4.88. The van der Waals surface area contributed by atoms with E-state index < -0.39 is 32.8 Å². The molecule has 0 radical (unpaired) electrons. The van der Waals surface area contributed by atoms with Gasteiger partial charge in [-0.25, -0.2) is 0 Å². The monoisotopic (exact) mass is 289 g/mol. The van der Waals surface area contributed by atoms with Crippen molar-refractivity contribution >= 4 is 11.4 Å². The van der Waals surface area contributed by atoms with Gasteiger partial charge in [0.2, 0.25) is 16.8 Å². The third-order valence-electron chi connectivity index (χ3n) is 1.97. The second-order valence-electron chi connectivity index (χ2n) is 3.56. The Bertz CT molecular complexity index is 589. The van der Waals surface area contributed by atoms with Gasteiger partial charge in [0.1, 0.15) is 6.07 Å². The largest absolute Gasteiger partial charge is 0.569 e. The molecule has 0 amide bonds. The summed E-state index contributed by atoms with van der Waals surface area (Å²) in [6.07, 6.45) is 0. The van der Waals surface area contributed by atoms with Crippen molar-refractivity contribution in [3.8, 4) is 5.75 Å². The number of halogens is 1. The molecule has 0 aliphatic heterocycles. The van der Waals surface area contributed by atoms with Crippen LogP contribution in [0.4, 0.5) is 15.8 Å². The number of hydrazine groups is 1. The molecule has 0 aliphatic carbocycles. The van der Waals surface area contributed by atoms with E-state index in [-0.39, 0.29) is 4.97 Å². The molecule has 108 valence electrons. The summed E-state index contributed by atoms with van der Waals surface area (Å²) in [6, 6.07) is 0.786. The molecule has 0 saturated heterocycles. The van der Waals surface area contributed by atoms with Crippen molar-refractivity contribution < 1.29 is 24.0 Å². The minimum absolute atomic E-state index is 0.0664. The Morgan fingerprint density at radius 2 is 1.70 bits per heavy atom. The maximum absolute atomic E-state index is 13.3. The van der Waals surface area contributed by atoms with Crippen molar-refractivity contribution in [1.82, 2.24) is 5.01 Å². The summed E-state index contributed by atoms with van der Waals surface area (Å²) in [4.78, 5) is 23.4. The highest BCUT2D eigenvalue weighted by atomic mass is 19.1. The van der Waals surface area contributed by atoms with Crippen LogP contribution < -0.4 is 4.84 Å². The number of nitro benzene ring substituents is 2. The third kappa shape index (κ3) is 3.24. The highest BCUT2D eigenvalue weighted by Crippen LogP contribution is 2.33. The van der Waals surface area contributed by atoms with Gasteiger partial charge in [-0.2, -0.15) is 9.40 Å². The van der Waals surface area contributed by atoms with Crippen LogP contribution in [-0.2, 0) is 0 Å². The van der Waals surface area contributed by atoms with Gasteiger partial charge in [0, 0.05) is 6.07 Å². The van der Waals surface area contributed by atoms with Crippen molar-refractivity contribution in [1.29, 1.82) is 0 Å². The lowest BCUT2D eigenvalue weighted by Gasteiger charge is -2.05. The van der Waals surface area contributed by atoms with E-state index in [0.717, 1.165) is 5.01 Å². The van der Waals surface area contributed by atoms with Crippen molar-refractivity contribution in [3.63, 3.8) is 0 Å². The molecule has 20 heavy (non-hydrogen) atoms. The lowest BCUT2D eigenvalue weighted by molar-refractivity contribution is -0.695. The summed E-state index contributed by atoms with van der Waals surface area (Å²) < 4.78 is 13.3. The summed E-state index contributed by atoms with van der Waals surface area (Å²) in [7, 11) is 2.62. The minimum atomic E-state index is -1.35. The second kappa shape index (κ2) is 5.73. The SMILES string of the molecule is CN(C)/[N+]([O-])=N\Oc1cc(F)c([N+](=O)[O-])cc1[N+](=O)[O-]. The van der Waals surface area contributed by atoms with Crippen LogP contribution in [0, 0.1) is 31.3 Å². The molecule has 1 rings (SSSR count). The molecule has 12 heteroatoms. The fourth-order valence-electron chi connectivity index (χ4n) is 1.04. The number of nitrogens with zero attached hydrogens (tertiary/aromatic N) is 5. The molecule has 0 atom stereocenters. The Morgan fingerprint density at radius 1 is 1.15 bits per heavy atom. The van der Waals surface area contributed by atoms with Gasteiger partial charge < -0.3 is 5.21 Å². The predicted octanol–water partition coefficient (Wildman–Crippen LogP) is 1.37. The summed E-state index contributed by atoms with van der Waals surface area (Å²) in [6.45, 7) is 0. The van der Waals surface area contributed by atoms with E-state index in [2.05, 4.69) is 10.1 Å². The highest BCUT2D eigenvalue weighted by molar-refractivity contribution is 5.54. The molecule has 0 unspecified atom stereocenters. The van der Waals surface area contributed by atoms with Crippen LogP contribution in [0.2, 0.25) is 0 Å². The van der Waals surface area contributed by atoms with Gasteiger partial charge >= 0.3 is 11.4 Å². The molecular weight excluding hydrogens is 281 g/mol. The lowest BCUT2D eigenvalue weighted by Crippen LogP contribution is -2.21. The van der Waals surface area contributed by atoms with Crippen molar-refractivity contribution in [2.75, 3.05) is 14.1 Å². The van der Waals surface area contributed by atoms with E-state index in [1.165, 1.54) is 14.1 Å². The van der Waals surface area contributed by atoms with E-state index in [9.17, 15) is 29.8 Å². The summed E-state index contributed by atoms with van der Waals surface area (Å²) in [5, 5.41) is 36.1. The molecule has 1 aromatic carbocycles. The fourth-order valence-corrected chi connectivity index (χ4v) is 1.04. The Labute approximate surface area is 110 Å². The van der Waals surface area contributed by atoms with Crippen LogP contribution in [0.15, 0.2) is 17.4 Å². The standard InChI is InChI=1S/C8H8FN5O6/c1-11(2)14(19)10-20-8-3-5(9)6(12(15)16)4-7(8)13(17)18/h3-4H,1-2H3/b14-10+. The normalized spacial score (nSPS) is 11.1. The summed E-state index contributed by atoms with van der Waals surface area (Å²) >= 11 is 0. The zero-order valence-electron chi connectivity index (χ0n) is 10.2. The van der Waals surface area contributed by atoms with Gasteiger partial charge in [-0.05, 0) is 0 Å². The summed E-state index contributed by atoms with van der Waals surface area (Å²) in [5.41, 5.74) is -1.98. The molecule has 0 heterocycles. The smallest absolute Gasteiger partial charge is 0.321 e. The van der Waals surface area contributed by atoms with Crippen molar-refractivity contribution in [2.24, 2.45) is 5.28 Å². The van der Waals surface area contributed by atoms with Gasteiger partial charge in [-0.1, -0.05) is 0 Å². The van der Waals surface area contributed by atoms with Crippen LogP contribution in [0.1, 0.15) is 0 Å². The van der Waals surface area contributed by atoms with Crippen LogP contribution in [0.25, 0.3) is 0 Å². The maximum Gasteiger partial charge on any atom is 0.321 e. The number of rotatable bonds is 5. The van der Waals surface area contributed by atoms with E-state index in [0.29, 0.717) is 12.1 Å². The Hall–Kier alpha value is -3.05. The Morgan fingerprint density at radius 3 is 2.15 bits per heavy atom. The van der Waals surface area contributed by atoms with E-state index >= 15 is 0 Å². The molecule has 11 nitrogen and oxygen atoms in total. The molecule has 0 aromatic heterocycles. The van der Waals surface area contributed by atoms with Gasteiger partial charge in [-0.3, -0.25) is 25.1 Å². The summed E-state index contributed by atoms with van der Waals surface area (Å²) in [5.74, 6) is -2.09. The van der Waals surface area contributed by atoms with Gasteiger partial charge in [0.25, 0.3) is 0 Å². The quantitative estimate of drug-likeness (QED) is 0.345. The van der Waals surface area contributed by atoms with E-state index in [1.807, 2.05) is 0 Å². The number of hydrogen-bond donors (Lipinski definition) is 0. The van der Waals surface area contributed by atoms with Crippen LogP contribution in [0.3, 0.4) is 0 Å². The average Bonchev–Trinajstić information content (AvgIpc) is 2.34. The van der Waals surface area contributed by atoms with E-state index in [1.54, 1.807) is 0 Å². The van der Waals surface area contributed by atoms with Crippen molar-refractivity contribution in [2.45, 2.75) is 0 Å². The lowest BCUT2D eigenvalue weighted by atomic mass is 10.2. The zero-order valence-corrected chi connectivity index (χ0v) is 10.2. The molecule has 0 aliphatic rings. The molecule has 1 aromatic rings. The van der Waals surface area contributed by atoms with Crippen LogP contribution in [-0.4, -0.2) is 33.9 Å². The molecule has 0 spiro atoms. The topological polar surface area (TPSA) is 137 Å². The molecular formula is C8H8FN5O6. The predicted molar refractivity (Wildman–Crippen MR) is 60.1 cm³/mol. The van der Waals surface area contributed by atoms with Gasteiger partial charge in [0.15, 0.2) is 0 Å². The third-order valence-corrected chi connectivity index (χ3v) is 1.97. The van der Waals surface area contributed by atoms with Gasteiger partial charge in [-0.15, -0.1) is 0 Å². The Balaban J connectivity index is 3.26. The number of nitro groups is 2. The first-order chi connectivity index (χ1) is 9.23. The number of benzene rings is 1. The molecule has 0 bridgehead atoms. The zero-order chi connectivity index (χ0) is 15.4. The second-order valence-corrected chi connectivity index (χ2v) is 3.56. The Kier molecular flexibility index (Phi) is 4.30. The fraction of sp³-hybridized carbons (Fsp3) is 0.250. The maximum atomic E-state index is 13.3. The molecule has 0 N–H and O–H groups in total. The molecule has 0 fully saturated rings. The van der Waals surface area contributed by atoms with Gasteiger partial charge in [0.05, 0.1) is 28.9 Å². The first kappa shape index (κ1) is 15.0. The number of hydrogen-bond acceptors (Lipinski definition) is 7. The first-order valence-electron chi connectivity index (χ1n) is 4.88. The molecule has 0 saturated carbocycles. The van der Waals surface area contributed by atoms with Crippen LogP contribution in [0.5, 0.6) is 5.75 Å². The van der Waals surface area contributed by atoms with E-state index in [4.69, 9.17) is 0 Å². The van der Waals surface area contributed by atoms with Crippen LogP contribution >= 0.6 is 0 Å². The van der Waals surface area contributed by atoms with Crippen molar-refractivity contribution in [3.05, 3.63) is 43.4 Å².